The van der Waals surface area contributed by atoms with E-state index in [9.17, 15) is 0 Å². The van der Waals surface area contributed by atoms with Crippen molar-refractivity contribution in [2.24, 2.45) is 10.7 Å². The molecule has 3 aromatic rings. The van der Waals surface area contributed by atoms with Gasteiger partial charge in [0.25, 0.3) is 0 Å². The third-order valence-corrected chi connectivity index (χ3v) is 4.26. The number of aromatic nitrogens is 1. The first kappa shape index (κ1) is 20.9. The summed E-state index contributed by atoms with van der Waals surface area (Å²) >= 11 is 0. The van der Waals surface area contributed by atoms with Gasteiger partial charge in [0.1, 0.15) is 0 Å². The van der Waals surface area contributed by atoms with Crippen molar-refractivity contribution in [2.45, 2.75) is 12.3 Å². The van der Waals surface area contributed by atoms with Crippen molar-refractivity contribution in [2.75, 3.05) is 13.1 Å². The van der Waals surface area contributed by atoms with Gasteiger partial charge in [-0.25, -0.2) is 0 Å². The second-order valence-corrected chi connectivity index (χ2v) is 6.10. The summed E-state index contributed by atoms with van der Waals surface area (Å²) in [5.74, 6) is 0.659. The molecule has 27 heavy (non-hydrogen) atoms. The van der Waals surface area contributed by atoms with Crippen molar-refractivity contribution < 1.29 is 0 Å². The Hall–Kier alpha value is -2.41. The maximum absolute atomic E-state index is 6.06. The van der Waals surface area contributed by atoms with E-state index in [1.54, 1.807) is 6.20 Å². The molecule has 0 aliphatic heterocycles. The van der Waals surface area contributed by atoms with Gasteiger partial charge in [-0.05, 0) is 23.3 Å². The van der Waals surface area contributed by atoms with Crippen LogP contribution in [0.15, 0.2) is 90.1 Å². The molecule has 3 rings (SSSR count). The molecule has 0 saturated carbocycles. The minimum Gasteiger partial charge on any atom is -0.370 e. The SMILES string of the molecule is I.NC(=NCC(c1ccccc1)c1ccccc1)NCCc1ccccn1. The lowest BCUT2D eigenvalue weighted by Gasteiger charge is -2.16. The fourth-order valence-electron chi connectivity index (χ4n) is 2.88. The first-order chi connectivity index (χ1) is 12.8. The lowest BCUT2D eigenvalue weighted by molar-refractivity contribution is 0.792. The second kappa shape index (κ2) is 11.3. The molecule has 0 spiro atoms. The van der Waals surface area contributed by atoms with Crippen LogP contribution in [0.2, 0.25) is 0 Å². The fraction of sp³-hybridized carbons (Fsp3) is 0.182. The van der Waals surface area contributed by atoms with E-state index in [0.717, 1.165) is 12.1 Å². The number of halogens is 1. The highest BCUT2D eigenvalue weighted by atomic mass is 127. The average molecular weight is 472 g/mol. The highest BCUT2D eigenvalue weighted by Gasteiger charge is 2.13. The molecule has 0 unspecified atom stereocenters. The number of nitrogens with zero attached hydrogens (tertiary/aromatic N) is 2. The summed E-state index contributed by atoms with van der Waals surface area (Å²) in [6, 6.07) is 26.8. The molecule has 5 heteroatoms. The molecule has 1 heterocycles. The summed E-state index contributed by atoms with van der Waals surface area (Å²) in [7, 11) is 0. The van der Waals surface area contributed by atoms with Crippen LogP contribution in [-0.2, 0) is 6.42 Å². The van der Waals surface area contributed by atoms with E-state index >= 15 is 0 Å². The third-order valence-electron chi connectivity index (χ3n) is 4.26. The summed E-state index contributed by atoms with van der Waals surface area (Å²) in [6.07, 6.45) is 2.62. The van der Waals surface area contributed by atoms with Crippen LogP contribution in [0.4, 0.5) is 0 Å². The van der Waals surface area contributed by atoms with Crippen LogP contribution in [0.25, 0.3) is 0 Å². The molecule has 3 N–H and O–H groups in total. The van der Waals surface area contributed by atoms with Crippen molar-refractivity contribution in [3.8, 4) is 0 Å². The van der Waals surface area contributed by atoms with Gasteiger partial charge in [0.05, 0.1) is 6.54 Å². The molecule has 2 aromatic carbocycles. The Morgan fingerprint density at radius 1 is 0.889 bits per heavy atom. The Bertz CT molecular complexity index is 768. The summed E-state index contributed by atoms with van der Waals surface area (Å²) in [4.78, 5) is 8.88. The third kappa shape index (κ3) is 6.67. The van der Waals surface area contributed by atoms with Crippen LogP contribution in [0.3, 0.4) is 0 Å². The molecule has 4 nitrogen and oxygen atoms in total. The lowest BCUT2D eigenvalue weighted by atomic mass is 9.91. The molecule has 140 valence electrons. The van der Waals surface area contributed by atoms with E-state index in [0.29, 0.717) is 19.0 Å². The van der Waals surface area contributed by atoms with Gasteiger partial charge in [-0.2, -0.15) is 0 Å². The van der Waals surface area contributed by atoms with Crippen molar-refractivity contribution in [3.05, 3.63) is 102 Å². The number of benzene rings is 2. The van der Waals surface area contributed by atoms with Gasteiger partial charge in [-0.15, -0.1) is 24.0 Å². The van der Waals surface area contributed by atoms with Crippen LogP contribution in [-0.4, -0.2) is 24.0 Å². The predicted octanol–water partition coefficient (Wildman–Crippen LogP) is 3.98. The van der Waals surface area contributed by atoms with E-state index in [2.05, 4.69) is 63.8 Å². The minimum absolute atomic E-state index is 0. The summed E-state index contributed by atoms with van der Waals surface area (Å²) in [5.41, 5.74) is 9.58. The number of pyridine rings is 1. The maximum atomic E-state index is 6.06. The molecule has 0 amide bonds. The Kier molecular flexibility index (Phi) is 8.77. The van der Waals surface area contributed by atoms with Crippen LogP contribution < -0.4 is 11.1 Å². The van der Waals surface area contributed by atoms with Gasteiger partial charge in [-0.3, -0.25) is 9.98 Å². The standard InChI is InChI=1S/C22H24N4.HI/c23-22(25-16-14-20-13-7-8-15-24-20)26-17-21(18-9-3-1-4-10-18)19-11-5-2-6-12-19;/h1-13,15,21H,14,16-17H2,(H3,23,25,26);1H. The van der Waals surface area contributed by atoms with Gasteiger partial charge in [0.2, 0.25) is 0 Å². The van der Waals surface area contributed by atoms with E-state index in [-0.39, 0.29) is 29.9 Å². The molecular formula is C22H25IN4. The van der Waals surface area contributed by atoms with E-state index in [4.69, 9.17) is 5.73 Å². The molecule has 0 saturated heterocycles. The number of nitrogens with two attached hydrogens (primary N) is 1. The van der Waals surface area contributed by atoms with E-state index in [1.807, 2.05) is 30.3 Å². The Morgan fingerprint density at radius 3 is 2.04 bits per heavy atom. The first-order valence-electron chi connectivity index (χ1n) is 8.86. The molecule has 0 aliphatic rings. The van der Waals surface area contributed by atoms with Gasteiger partial charge < -0.3 is 11.1 Å². The summed E-state index contributed by atoms with van der Waals surface area (Å²) in [5, 5.41) is 3.18. The monoisotopic (exact) mass is 472 g/mol. The minimum atomic E-state index is 0. The molecule has 0 radical (unpaired) electrons. The predicted molar refractivity (Wildman–Crippen MR) is 123 cm³/mol. The maximum Gasteiger partial charge on any atom is 0.188 e. The average Bonchev–Trinajstić information content (AvgIpc) is 2.71. The lowest BCUT2D eigenvalue weighted by Crippen LogP contribution is -2.33. The number of nitrogens with one attached hydrogen (secondary N) is 1. The van der Waals surface area contributed by atoms with E-state index < -0.39 is 0 Å². The Balaban J connectivity index is 0.00000261. The van der Waals surface area contributed by atoms with Crippen molar-refractivity contribution in [3.63, 3.8) is 0 Å². The molecule has 0 fully saturated rings. The number of hydrogen-bond acceptors (Lipinski definition) is 2. The van der Waals surface area contributed by atoms with Gasteiger partial charge in [0.15, 0.2) is 5.96 Å². The highest BCUT2D eigenvalue weighted by Crippen LogP contribution is 2.24. The molecule has 0 aliphatic carbocycles. The normalized spacial score (nSPS) is 11.1. The quantitative estimate of drug-likeness (QED) is 0.311. The van der Waals surface area contributed by atoms with Crippen molar-refractivity contribution in [1.29, 1.82) is 0 Å². The van der Waals surface area contributed by atoms with Gasteiger partial charge >= 0.3 is 0 Å². The number of rotatable bonds is 7. The van der Waals surface area contributed by atoms with Crippen LogP contribution >= 0.6 is 24.0 Å². The molecular weight excluding hydrogens is 447 g/mol. The molecule has 0 atom stereocenters. The summed E-state index contributed by atoms with van der Waals surface area (Å²) in [6.45, 7) is 1.32. The zero-order valence-corrected chi connectivity index (χ0v) is 17.5. The number of aliphatic imine (C=N–C) groups is 1. The Labute approximate surface area is 178 Å². The zero-order chi connectivity index (χ0) is 18.0. The van der Waals surface area contributed by atoms with Crippen LogP contribution in [0.1, 0.15) is 22.7 Å². The number of guanidine groups is 1. The highest BCUT2D eigenvalue weighted by molar-refractivity contribution is 14.0. The zero-order valence-electron chi connectivity index (χ0n) is 15.2. The molecule has 0 bridgehead atoms. The largest absolute Gasteiger partial charge is 0.370 e. The number of hydrogen-bond donors (Lipinski definition) is 2. The van der Waals surface area contributed by atoms with Gasteiger partial charge in [-0.1, -0.05) is 66.7 Å². The van der Waals surface area contributed by atoms with Crippen molar-refractivity contribution >= 4 is 29.9 Å². The topological polar surface area (TPSA) is 63.3 Å². The first-order valence-corrected chi connectivity index (χ1v) is 8.86. The second-order valence-electron chi connectivity index (χ2n) is 6.10. The van der Waals surface area contributed by atoms with E-state index in [1.165, 1.54) is 11.1 Å². The van der Waals surface area contributed by atoms with Crippen molar-refractivity contribution in [1.82, 2.24) is 10.3 Å². The fourth-order valence-corrected chi connectivity index (χ4v) is 2.88. The smallest absolute Gasteiger partial charge is 0.188 e. The van der Waals surface area contributed by atoms with Gasteiger partial charge in [0, 0.05) is 30.8 Å². The Morgan fingerprint density at radius 2 is 1.48 bits per heavy atom. The summed E-state index contributed by atoms with van der Waals surface area (Å²) < 4.78 is 0. The molecule has 1 aromatic heterocycles. The van der Waals surface area contributed by atoms with Crippen LogP contribution in [0, 0.1) is 0 Å². The van der Waals surface area contributed by atoms with Crippen LogP contribution in [0.5, 0.6) is 0 Å².